The van der Waals surface area contributed by atoms with Gasteiger partial charge in [0.2, 0.25) is 0 Å². The van der Waals surface area contributed by atoms with Crippen LogP contribution in [-0.2, 0) is 57.2 Å². The number of esters is 1. The first-order valence-corrected chi connectivity index (χ1v) is 27.0. The molecule has 0 saturated heterocycles. The minimum absolute atomic E-state index is 0.000718. The number of Topliss-reactive ketones (excluding diaryl/α,β-unsaturated/α-hetero) is 8. The number of allylic oxidation sites excluding steroid dienone is 3. The highest BCUT2D eigenvalue weighted by molar-refractivity contribution is 6.25. The fraction of sp³-hybridized carbons (Fsp3) is 0.462. The van der Waals surface area contributed by atoms with Gasteiger partial charge in [-0.25, -0.2) is 4.79 Å². The molecule has 80 heavy (non-hydrogen) atoms. The molecule has 0 aromatic heterocycles. The number of carbonyl (C=O) groups is 9. The molecule has 9 aliphatic rings. The van der Waals surface area contributed by atoms with E-state index < -0.39 is 0 Å². The van der Waals surface area contributed by atoms with Gasteiger partial charge in [-0.2, -0.15) is 0 Å². The zero-order chi connectivity index (χ0) is 59.1. The smallest absolute Gasteiger partial charge is 0.344 e. The van der Waals surface area contributed by atoms with E-state index in [0.29, 0.717) is 52.4 Å². The number of hydrogen-bond acceptors (Lipinski definition) is 15. The highest BCUT2D eigenvalue weighted by Gasteiger charge is 2.57. The number of cyclic esters (lactones) is 1. The summed E-state index contributed by atoms with van der Waals surface area (Å²) in [5.74, 6) is 0.727. The number of ether oxygens (including phenoxy) is 6. The van der Waals surface area contributed by atoms with Gasteiger partial charge in [0.25, 0.3) is 0 Å². The summed E-state index contributed by atoms with van der Waals surface area (Å²) >= 11 is 0. The van der Waals surface area contributed by atoms with E-state index in [-0.39, 0.29) is 106 Å². The predicted octanol–water partition coefficient (Wildman–Crippen LogP) is 10.7. The molecule has 5 atom stereocenters. The van der Waals surface area contributed by atoms with Gasteiger partial charge in [-0.05, 0) is 94.2 Å². The summed E-state index contributed by atoms with van der Waals surface area (Å²) in [5, 5.41) is 0. The molecule has 0 radical (unpaired) electrons. The topological polar surface area (TPSA) is 209 Å². The average molecular weight is 1100 g/mol. The maximum atomic E-state index is 12.3. The minimum Gasteiger partial charge on any atom is -0.423 e. The van der Waals surface area contributed by atoms with Crippen LogP contribution in [0.1, 0.15) is 140 Å². The molecule has 1 heterocycles. The normalized spacial score (nSPS) is 24.1. The quantitative estimate of drug-likeness (QED) is 0.101. The Labute approximate surface area is 470 Å². The van der Waals surface area contributed by atoms with Crippen LogP contribution in [-0.4, -0.2) is 120 Å². The van der Waals surface area contributed by atoms with Crippen molar-refractivity contribution in [3.63, 3.8) is 0 Å². The van der Waals surface area contributed by atoms with Crippen molar-refractivity contribution in [2.24, 2.45) is 23.7 Å². The average Bonchev–Trinajstić information content (AvgIpc) is 4.18. The number of benzene rings is 3. The Bertz CT molecular complexity index is 2790. The molecule has 5 unspecified atom stereocenters. The van der Waals surface area contributed by atoms with E-state index in [1.807, 2.05) is 49.4 Å². The molecular weight excluding hydrogens is 1020 g/mol. The van der Waals surface area contributed by atoms with E-state index in [0.717, 1.165) is 85.6 Å². The Morgan fingerprint density at radius 2 is 0.850 bits per heavy atom. The Morgan fingerprint density at radius 3 is 1.30 bits per heavy atom. The summed E-state index contributed by atoms with van der Waals surface area (Å²) in [6.45, 7) is 11.6. The summed E-state index contributed by atoms with van der Waals surface area (Å²) in [7, 11) is 13.1. The maximum Gasteiger partial charge on any atom is 0.344 e. The molecule has 3 aromatic rings. The lowest BCUT2D eigenvalue weighted by Crippen LogP contribution is -2.57. The molecule has 0 bridgehead atoms. The van der Waals surface area contributed by atoms with Crippen LogP contribution >= 0.6 is 0 Å². The van der Waals surface area contributed by atoms with Gasteiger partial charge in [0.05, 0.1) is 41.6 Å². The van der Waals surface area contributed by atoms with Crippen LogP contribution in [0.2, 0.25) is 0 Å². The van der Waals surface area contributed by atoms with E-state index in [1.165, 1.54) is 0 Å². The number of fused-ring (bicyclic) bond motifs is 4. The molecule has 15 nitrogen and oxygen atoms in total. The summed E-state index contributed by atoms with van der Waals surface area (Å²) in [5.41, 5.74) is 7.39. The SMILES string of the molecule is C=C1C(=O)C2CCCC3C2C(CCC3(C)OC)C1=O.C=C1OC(=O)c2ccccc2-c2ccccc21.COC.COC.COC.COC1(C)CC2=C(C1)C(=O)CC2=O.O=C1CC(=O)C2=C1CCCC2.O=C1CC(=O)c2ccccc21. The van der Waals surface area contributed by atoms with Gasteiger partial charge in [0.15, 0.2) is 46.3 Å². The van der Waals surface area contributed by atoms with Gasteiger partial charge in [-0.3, -0.25) is 38.4 Å². The van der Waals surface area contributed by atoms with Gasteiger partial charge in [-0.1, -0.05) is 86.3 Å². The van der Waals surface area contributed by atoms with Crippen LogP contribution in [0.3, 0.4) is 0 Å². The van der Waals surface area contributed by atoms with Crippen molar-refractivity contribution in [3.8, 4) is 11.1 Å². The molecule has 0 amide bonds. The van der Waals surface area contributed by atoms with Gasteiger partial charge in [0, 0.05) is 121 Å². The lowest BCUT2D eigenvalue weighted by atomic mass is 9.51. The standard InChI is InChI=1S/C16H22O3.C15H10O2.C10H12O3.C9H10O2.C9H6O2.3C2H6O/c1-9-14(17)10-5-4-6-12-13(10)11(15(9)18)7-8-16(12,2)19-3;1-10-11-6-2-3-7-12(11)13-8-4-5-9-14(13)15(16)17-10;1-10(13-2)4-6-7(5-10)9(12)3-8(6)11;2*10-8-5-9(11)7-4-2-1-3-6(7)8;3*1-3-2/h10-13H,1,4-8H2,2-3H3;2-9H,1H2;3-5H2,1-2H3;1-5H2;1-4H,5H2;3*1-2H3. The van der Waals surface area contributed by atoms with Gasteiger partial charge in [0.1, 0.15) is 5.76 Å². The summed E-state index contributed by atoms with van der Waals surface area (Å²) in [4.78, 5) is 104. The Morgan fingerprint density at radius 1 is 0.463 bits per heavy atom. The Hall–Kier alpha value is -6.75. The molecule has 1 aliphatic heterocycles. The second kappa shape index (κ2) is 29.1. The largest absolute Gasteiger partial charge is 0.423 e. The molecule has 3 aromatic carbocycles. The van der Waals surface area contributed by atoms with E-state index in [9.17, 15) is 43.2 Å². The van der Waals surface area contributed by atoms with E-state index in [4.69, 9.17) is 14.2 Å². The lowest BCUT2D eigenvalue weighted by molar-refractivity contribution is -0.160. The Balaban J connectivity index is 0.000000179. The summed E-state index contributed by atoms with van der Waals surface area (Å²) < 4.78 is 29.0. The monoisotopic (exact) mass is 1100 g/mol. The summed E-state index contributed by atoms with van der Waals surface area (Å²) in [6.07, 6.45) is 10.2. The van der Waals surface area contributed by atoms with Gasteiger partial charge in [-0.15, -0.1) is 0 Å². The number of hydrogen-bond donors (Lipinski definition) is 0. The molecule has 3 saturated carbocycles. The first-order chi connectivity index (χ1) is 38.1. The predicted molar refractivity (Wildman–Crippen MR) is 303 cm³/mol. The Kier molecular flexibility index (Phi) is 23.3. The second-order valence-corrected chi connectivity index (χ2v) is 21.5. The fourth-order valence-corrected chi connectivity index (χ4v) is 12.1. The first-order valence-electron chi connectivity index (χ1n) is 27.0. The van der Waals surface area contributed by atoms with Crippen LogP contribution in [0.15, 0.2) is 114 Å². The second-order valence-electron chi connectivity index (χ2n) is 21.5. The van der Waals surface area contributed by atoms with E-state index in [2.05, 4.69) is 34.3 Å². The molecule has 8 aliphatic carbocycles. The molecule has 0 spiro atoms. The fourth-order valence-electron chi connectivity index (χ4n) is 12.1. The maximum absolute atomic E-state index is 12.3. The van der Waals surface area contributed by atoms with Crippen molar-refractivity contribution < 1.29 is 71.6 Å². The zero-order valence-electron chi connectivity index (χ0n) is 48.2. The summed E-state index contributed by atoms with van der Waals surface area (Å²) in [6, 6.07) is 22.1. The highest BCUT2D eigenvalue weighted by Crippen LogP contribution is 2.55. The zero-order valence-corrected chi connectivity index (χ0v) is 48.2. The van der Waals surface area contributed by atoms with E-state index >= 15 is 0 Å². The number of methoxy groups -OCH3 is 5. The van der Waals surface area contributed by atoms with Crippen LogP contribution in [0.25, 0.3) is 16.9 Å². The third-order valence-corrected chi connectivity index (χ3v) is 16.0. The van der Waals surface area contributed by atoms with Crippen LogP contribution < -0.4 is 0 Å². The first kappa shape index (κ1) is 64.1. The minimum atomic E-state index is -0.346. The molecular formula is C65H78O15. The lowest BCUT2D eigenvalue weighted by Gasteiger charge is -2.54. The number of rotatable bonds is 2. The van der Waals surface area contributed by atoms with Crippen molar-refractivity contribution in [1.82, 2.24) is 0 Å². The van der Waals surface area contributed by atoms with Crippen LogP contribution in [0, 0.1) is 23.7 Å². The number of carbonyl (C=O) groups excluding carboxylic acids is 9. The third-order valence-electron chi connectivity index (χ3n) is 16.0. The molecule has 428 valence electrons. The molecule has 15 heteroatoms. The molecule has 0 N–H and O–H groups in total. The van der Waals surface area contributed by atoms with Crippen molar-refractivity contribution in [1.29, 1.82) is 0 Å². The van der Waals surface area contributed by atoms with Crippen LogP contribution in [0.4, 0.5) is 0 Å². The molecule has 12 rings (SSSR count). The van der Waals surface area contributed by atoms with Crippen molar-refractivity contribution >= 4 is 58.0 Å². The van der Waals surface area contributed by atoms with Crippen molar-refractivity contribution in [2.45, 2.75) is 115 Å². The third kappa shape index (κ3) is 14.6. The van der Waals surface area contributed by atoms with E-state index in [1.54, 1.807) is 87.2 Å². The number of ketones is 8. The van der Waals surface area contributed by atoms with Crippen LogP contribution in [0.5, 0.6) is 0 Å². The van der Waals surface area contributed by atoms with Crippen molar-refractivity contribution in [3.05, 3.63) is 136 Å². The molecule has 3 fully saturated rings. The van der Waals surface area contributed by atoms with Gasteiger partial charge >= 0.3 is 5.97 Å². The van der Waals surface area contributed by atoms with Gasteiger partial charge < -0.3 is 28.4 Å². The van der Waals surface area contributed by atoms with Crippen molar-refractivity contribution in [2.75, 3.05) is 56.9 Å². The highest BCUT2D eigenvalue weighted by atomic mass is 16.5.